The van der Waals surface area contributed by atoms with Gasteiger partial charge in [0.1, 0.15) is 11.3 Å². The first-order valence-corrected chi connectivity index (χ1v) is 10.4. The number of methoxy groups -OCH3 is 1. The molecule has 0 saturated carbocycles. The van der Waals surface area contributed by atoms with Gasteiger partial charge in [-0.3, -0.25) is 4.79 Å². The van der Waals surface area contributed by atoms with Gasteiger partial charge in [0.25, 0.3) is 0 Å². The molecule has 146 valence electrons. The maximum Gasteiger partial charge on any atom is 0.227 e. The number of piperazine rings is 1. The quantitative estimate of drug-likeness (QED) is 0.674. The lowest BCUT2D eigenvalue weighted by molar-refractivity contribution is -0.130. The van der Waals surface area contributed by atoms with Crippen LogP contribution in [0.1, 0.15) is 16.7 Å². The predicted molar refractivity (Wildman–Crippen MR) is 115 cm³/mol. The van der Waals surface area contributed by atoms with Crippen LogP contribution < -0.4 is 9.64 Å². The van der Waals surface area contributed by atoms with E-state index in [1.807, 2.05) is 17.0 Å². The van der Waals surface area contributed by atoms with Gasteiger partial charge in [0, 0.05) is 26.2 Å². The number of para-hydroxylation sites is 1. The summed E-state index contributed by atoms with van der Waals surface area (Å²) in [5.41, 5.74) is 4.51. The molecular weight excluding hydrogens is 370 g/mol. The van der Waals surface area contributed by atoms with Gasteiger partial charge in [-0.15, -0.1) is 0 Å². The molecule has 0 radical (unpaired) electrons. The second-order valence-electron chi connectivity index (χ2n) is 7.27. The molecule has 1 saturated heterocycles. The number of carbonyl (C=O) groups excluding carboxylic acids is 1. The molecule has 0 bridgehead atoms. The van der Waals surface area contributed by atoms with Crippen molar-refractivity contribution < 1.29 is 9.53 Å². The highest BCUT2D eigenvalue weighted by Crippen LogP contribution is 2.34. The number of hydrogen-bond acceptors (Lipinski definition) is 5. The van der Waals surface area contributed by atoms with Crippen molar-refractivity contribution in [2.45, 2.75) is 20.3 Å². The average Bonchev–Trinajstić information content (AvgIpc) is 3.15. The summed E-state index contributed by atoms with van der Waals surface area (Å²) >= 11 is 1.68. The molecule has 1 aromatic heterocycles. The van der Waals surface area contributed by atoms with Crippen LogP contribution >= 0.6 is 11.3 Å². The Kier molecular flexibility index (Phi) is 5.22. The summed E-state index contributed by atoms with van der Waals surface area (Å²) in [6.07, 6.45) is 0.472. The zero-order valence-corrected chi connectivity index (χ0v) is 17.4. The van der Waals surface area contributed by atoms with E-state index in [2.05, 4.69) is 43.0 Å². The van der Waals surface area contributed by atoms with Gasteiger partial charge in [-0.05, 0) is 42.7 Å². The Morgan fingerprint density at radius 2 is 1.89 bits per heavy atom. The first kappa shape index (κ1) is 18.7. The SMILES string of the molecule is COc1cccc2sc(N3CCN(C(=O)Cc4ccc(C)c(C)c4)CC3)nc12. The fourth-order valence-electron chi connectivity index (χ4n) is 3.56. The number of thiazole rings is 1. The van der Waals surface area contributed by atoms with Crippen molar-refractivity contribution in [3.8, 4) is 5.75 Å². The number of fused-ring (bicyclic) bond motifs is 1. The molecule has 1 aliphatic heterocycles. The Balaban J connectivity index is 1.40. The van der Waals surface area contributed by atoms with Gasteiger partial charge in [-0.25, -0.2) is 4.98 Å². The molecule has 6 heteroatoms. The second-order valence-corrected chi connectivity index (χ2v) is 8.28. The summed E-state index contributed by atoms with van der Waals surface area (Å²) in [7, 11) is 1.67. The van der Waals surface area contributed by atoms with Crippen molar-refractivity contribution in [1.82, 2.24) is 9.88 Å². The fraction of sp³-hybridized carbons (Fsp3) is 0.364. The summed E-state index contributed by atoms with van der Waals surface area (Å²) in [6.45, 7) is 7.27. The van der Waals surface area contributed by atoms with Gasteiger partial charge in [-0.2, -0.15) is 0 Å². The van der Waals surface area contributed by atoms with E-state index in [0.717, 1.165) is 52.8 Å². The first-order chi connectivity index (χ1) is 13.5. The number of rotatable bonds is 4. The number of aromatic nitrogens is 1. The van der Waals surface area contributed by atoms with E-state index in [-0.39, 0.29) is 5.91 Å². The van der Waals surface area contributed by atoms with Crippen LogP contribution in [-0.2, 0) is 11.2 Å². The van der Waals surface area contributed by atoms with Gasteiger partial charge in [0.15, 0.2) is 5.13 Å². The van der Waals surface area contributed by atoms with E-state index in [1.165, 1.54) is 11.1 Å². The Labute approximate surface area is 169 Å². The van der Waals surface area contributed by atoms with Crippen LogP contribution in [0.25, 0.3) is 10.2 Å². The minimum atomic E-state index is 0.203. The fourth-order valence-corrected chi connectivity index (χ4v) is 4.59. The van der Waals surface area contributed by atoms with E-state index in [4.69, 9.17) is 9.72 Å². The Morgan fingerprint density at radius 1 is 1.11 bits per heavy atom. The van der Waals surface area contributed by atoms with E-state index in [9.17, 15) is 4.79 Å². The molecule has 2 aromatic carbocycles. The van der Waals surface area contributed by atoms with Gasteiger partial charge >= 0.3 is 0 Å². The van der Waals surface area contributed by atoms with E-state index >= 15 is 0 Å². The van der Waals surface area contributed by atoms with Gasteiger partial charge in [-0.1, -0.05) is 35.6 Å². The smallest absolute Gasteiger partial charge is 0.227 e. The summed E-state index contributed by atoms with van der Waals surface area (Å²) in [5, 5.41) is 1.00. The van der Waals surface area contributed by atoms with Crippen LogP contribution in [0, 0.1) is 13.8 Å². The number of carbonyl (C=O) groups is 1. The standard InChI is InChI=1S/C22H25N3O2S/c1-15-7-8-17(13-16(15)2)14-20(26)24-9-11-25(12-10-24)22-23-21-18(27-3)5-4-6-19(21)28-22/h4-8,13H,9-12,14H2,1-3H3. The summed E-state index contributed by atoms with van der Waals surface area (Å²) in [4.78, 5) is 21.7. The number of anilines is 1. The lowest BCUT2D eigenvalue weighted by Gasteiger charge is -2.34. The van der Waals surface area contributed by atoms with Crippen molar-refractivity contribution in [3.63, 3.8) is 0 Å². The van der Waals surface area contributed by atoms with E-state index < -0.39 is 0 Å². The van der Waals surface area contributed by atoms with E-state index in [1.54, 1.807) is 18.4 Å². The number of amides is 1. The molecule has 2 heterocycles. The number of aryl methyl sites for hydroxylation is 2. The third-order valence-electron chi connectivity index (χ3n) is 5.42. The molecule has 4 rings (SSSR count). The molecule has 1 amide bonds. The number of nitrogens with zero attached hydrogens (tertiary/aromatic N) is 3. The molecule has 28 heavy (non-hydrogen) atoms. The van der Waals surface area contributed by atoms with Crippen molar-refractivity contribution in [3.05, 3.63) is 53.1 Å². The Bertz CT molecular complexity index is 1010. The van der Waals surface area contributed by atoms with Gasteiger partial charge in [0.2, 0.25) is 5.91 Å². The number of ether oxygens (including phenoxy) is 1. The maximum atomic E-state index is 12.7. The predicted octanol–water partition coefficient (Wildman–Crippen LogP) is 3.81. The maximum absolute atomic E-state index is 12.7. The second kappa shape index (κ2) is 7.80. The van der Waals surface area contributed by atoms with Crippen LogP contribution in [0.4, 0.5) is 5.13 Å². The van der Waals surface area contributed by atoms with Crippen LogP contribution in [-0.4, -0.2) is 49.1 Å². The summed E-state index contributed by atoms with van der Waals surface area (Å²) in [6, 6.07) is 12.3. The van der Waals surface area contributed by atoms with Crippen LogP contribution in [0.15, 0.2) is 36.4 Å². The average molecular weight is 396 g/mol. The highest BCUT2D eigenvalue weighted by molar-refractivity contribution is 7.22. The zero-order valence-electron chi connectivity index (χ0n) is 16.6. The highest BCUT2D eigenvalue weighted by atomic mass is 32.1. The molecule has 0 atom stereocenters. The van der Waals surface area contributed by atoms with E-state index in [0.29, 0.717) is 6.42 Å². The summed E-state index contributed by atoms with van der Waals surface area (Å²) in [5.74, 6) is 1.01. The molecule has 0 spiro atoms. The normalized spacial score (nSPS) is 14.5. The van der Waals surface area contributed by atoms with Crippen molar-refractivity contribution in [1.29, 1.82) is 0 Å². The lowest BCUT2D eigenvalue weighted by atomic mass is 10.0. The van der Waals surface area contributed by atoms with Crippen molar-refractivity contribution >= 4 is 32.6 Å². The third-order valence-corrected chi connectivity index (χ3v) is 6.50. The lowest BCUT2D eigenvalue weighted by Crippen LogP contribution is -2.49. The third kappa shape index (κ3) is 3.69. The molecule has 1 aliphatic rings. The van der Waals surface area contributed by atoms with Gasteiger partial charge in [0.05, 0.1) is 18.2 Å². The van der Waals surface area contributed by atoms with Crippen LogP contribution in [0.3, 0.4) is 0 Å². The molecule has 0 unspecified atom stereocenters. The Hall–Kier alpha value is -2.60. The Morgan fingerprint density at radius 3 is 2.61 bits per heavy atom. The molecular formula is C22H25N3O2S. The highest BCUT2D eigenvalue weighted by Gasteiger charge is 2.23. The molecule has 0 N–H and O–H groups in total. The monoisotopic (exact) mass is 395 g/mol. The number of hydrogen-bond donors (Lipinski definition) is 0. The van der Waals surface area contributed by atoms with Crippen molar-refractivity contribution in [2.24, 2.45) is 0 Å². The first-order valence-electron chi connectivity index (χ1n) is 9.57. The zero-order chi connectivity index (χ0) is 19.7. The van der Waals surface area contributed by atoms with Crippen LogP contribution in [0.2, 0.25) is 0 Å². The molecule has 3 aromatic rings. The van der Waals surface area contributed by atoms with Crippen molar-refractivity contribution in [2.75, 3.05) is 38.2 Å². The van der Waals surface area contributed by atoms with Crippen LogP contribution in [0.5, 0.6) is 5.75 Å². The molecule has 1 fully saturated rings. The summed E-state index contributed by atoms with van der Waals surface area (Å²) < 4.78 is 6.55. The molecule has 0 aliphatic carbocycles. The minimum absolute atomic E-state index is 0.203. The van der Waals surface area contributed by atoms with Gasteiger partial charge < -0.3 is 14.5 Å². The largest absolute Gasteiger partial charge is 0.494 e. The number of benzene rings is 2. The topological polar surface area (TPSA) is 45.7 Å². The minimum Gasteiger partial charge on any atom is -0.494 e. The molecule has 5 nitrogen and oxygen atoms in total.